The number of rotatable bonds is 3. The Labute approximate surface area is 149 Å². The second kappa shape index (κ2) is 4.93. The predicted octanol–water partition coefficient (Wildman–Crippen LogP) is 3.81. The molecular formula is C21H28O4. The highest BCUT2D eigenvalue weighted by Crippen LogP contribution is 2.72. The molecule has 0 aromatic carbocycles. The Kier molecular flexibility index (Phi) is 3.56. The Balaban J connectivity index is 2.31. The molecule has 0 aromatic heterocycles. The molecule has 2 saturated carbocycles. The van der Waals surface area contributed by atoms with Gasteiger partial charge in [0.05, 0.1) is 10.8 Å². The third kappa shape index (κ3) is 1.86. The van der Waals surface area contributed by atoms with Gasteiger partial charge in [-0.2, -0.15) is 0 Å². The monoisotopic (exact) mass is 344 g/mol. The van der Waals surface area contributed by atoms with Gasteiger partial charge in [0.2, 0.25) is 0 Å². The van der Waals surface area contributed by atoms with Gasteiger partial charge in [-0.15, -0.1) is 0 Å². The number of aliphatic hydroxyl groups excluding tert-OH is 1. The smallest absolute Gasteiger partial charge is 0.183 e. The van der Waals surface area contributed by atoms with Gasteiger partial charge in [0.1, 0.15) is 11.3 Å². The average molecular weight is 344 g/mol. The molecule has 4 heteroatoms. The molecule has 0 unspecified atom stereocenters. The number of hydrogen-bond donors (Lipinski definition) is 1. The largest absolute Gasteiger partial charge is 0.510 e. The number of Topliss-reactive ketones (excluding diaryl/α,β-unsaturated/α-hetero) is 3. The van der Waals surface area contributed by atoms with Crippen LogP contribution in [-0.4, -0.2) is 22.5 Å². The van der Waals surface area contributed by atoms with Crippen LogP contribution in [-0.2, 0) is 14.4 Å². The molecule has 136 valence electrons. The fourth-order valence-electron chi connectivity index (χ4n) is 5.78. The maximum absolute atomic E-state index is 13.4. The van der Waals surface area contributed by atoms with E-state index in [2.05, 4.69) is 20.4 Å². The maximum atomic E-state index is 13.4. The van der Waals surface area contributed by atoms with Crippen LogP contribution >= 0.6 is 0 Å². The summed E-state index contributed by atoms with van der Waals surface area (Å²) in [7, 11) is 0. The molecule has 2 fully saturated rings. The van der Waals surface area contributed by atoms with Gasteiger partial charge in [0, 0.05) is 5.92 Å². The van der Waals surface area contributed by atoms with Crippen LogP contribution in [0.3, 0.4) is 0 Å². The molecule has 3 aliphatic carbocycles. The zero-order chi connectivity index (χ0) is 19.1. The first-order chi connectivity index (χ1) is 11.3. The van der Waals surface area contributed by atoms with Gasteiger partial charge in [-0.05, 0) is 43.9 Å². The number of fused-ring (bicyclic) bond motifs is 1. The third-order valence-corrected chi connectivity index (χ3v) is 7.19. The van der Waals surface area contributed by atoms with Crippen molar-refractivity contribution in [2.75, 3.05) is 0 Å². The van der Waals surface area contributed by atoms with E-state index in [1.807, 2.05) is 6.92 Å². The van der Waals surface area contributed by atoms with Crippen molar-refractivity contribution in [2.45, 2.75) is 54.4 Å². The first-order valence-corrected chi connectivity index (χ1v) is 9.06. The molecule has 2 bridgehead atoms. The van der Waals surface area contributed by atoms with Gasteiger partial charge >= 0.3 is 0 Å². The van der Waals surface area contributed by atoms with E-state index in [1.54, 1.807) is 20.8 Å². The third-order valence-electron chi connectivity index (χ3n) is 7.19. The summed E-state index contributed by atoms with van der Waals surface area (Å²) >= 11 is 0. The van der Waals surface area contributed by atoms with Crippen molar-refractivity contribution in [1.29, 1.82) is 0 Å². The van der Waals surface area contributed by atoms with Gasteiger partial charge in [-0.1, -0.05) is 39.8 Å². The molecule has 0 saturated heterocycles. The van der Waals surface area contributed by atoms with E-state index in [1.165, 1.54) is 0 Å². The number of ketones is 3. The molecule has 0 radical (unpaired) electrons. The minimum Gasteiger partial charge on any atom is -0.510 e. The van der Waals surface area contributed by atoms with E-state index in [0.29, 0.717) is 12.8 Å². The minimum atomic E-state index is -1.20. The van der Waals surface area contributed by atoms with Crippen LogP contribution in [0.25, 0.3) is 0 Å². The Morgan fingerprint density at radius 1 is 1.20 bits per heavy atom. The lowest BCUT2D eigenvalue weighted by atomic mass is 9.65. The molecule has 0 aromatic rings. The predicted molar refractivity (Wildman–Crippen MR) is 94.9 cm³/mol. The quantitative estimate of drug-likeness (QED) is 0.480. The molecule has 1 spiro atoms. The fraction of sp³-hybridized carbons (Fsp3) is 0.667. The lowest BCUT2D eigenvalue weighted by Gasteiger charge is -2.36. The normalized spacial score (nSPS) is 39.2. The van der Waals surface area contributed by atoms with Gasteiger partial charge in [-0.25, -0.2) is 0 Å². The van der Waals surface area contributed by atoms with Crippen molar-refractivity contribution in [2.24, 2.45) is 34.0 Å². The molecule has 4 atom stereocenters. The van der Waals surface area contributed by atoms with Crippen LogP contribution in [0.5, 0.6) is 0 Å². The zero-order valence-corrected chi connectivity index (χ0v) is 16.0. The first-order valence-electron chi connectivity index (χ1n) is 9.06. The van der Waals surface area contributed by atoms with Crippen molar-refractivity contribution in [3.8, 4) is 0 Å². The average Bonchev–Trinajstić information content (AvgIpc) is 2.85. The molecule has 0 aliphatic heterocycles. The van der Waals surface area contributed by atoms with Crippen molar-refractivity contribution in [3.63, 3.8) is 0 Å². The highest BCUT2D eigenvalue weighted by atomic mass is 16.3. The van der Waals surface area contributed by atoms with E-state index in [9.17, 15) is 19.5 Å². The number of carbonyl (C=O) groups is 3. The highest BCUT2D eigenvalue weighted by Gasteiger charge is 2.76. The Morgan fingerprint density at radius 2 is 1.76 bits per heavy atom. The molecule has 1 N–H and O–H groups in total. The lowest BCUT2D eigenvalue weighted by molar-refractivity contribution is -0.143. The first kappa shape index (κ1) is 18.1. The van der Waals surface area contributed by atoms with E-state index in [0.717, 1.165) is 5.57 Å². The van der Waals surface area contributed by atoms with E-state index in [4.69, 9.17) is 0 Å². The molecule has 3 aliphatic rings. The lowest BCUT2D eigenvalue weighted by Crippen LogP contribution is -2.48. The summed E-state index contributed by atoms with van der Waals surface area (Å²) in [5.74, 6) is -1.83. The number of carbonyl (C=O) groups excluding carboxylic acids is 3. The van der Waals surface area contributed by atoms with Crippen LogP contribution in [0.15, 0.2) is 23.5 Å². The van der Waals surface area contributed by atoms with Crippen LogP contribution in [0, 0.1) is 34.0 Å². The molecule has 0 heterocycles. The topological polar surface area (TPSA) is 71.4 Å². The Bertz CT molecular complexity index is 754. The van der Waals surface area contributed by atoms with Crippen molar-refractivity contribution in [3.05, 3.63) is 23.5 Å². The molecule has 4 nitrogen and oxygen atoms in total. The Hall–Kier alpha value is -1.71. The number of hydrogen-bond acceptors (Lipinski definition) is 4. The number of aliphatic hydroxyl groups is 1. The summed E-state index contributed by atoms with van der Waals surface area (Å²) in [5.41, 5.74) is -1.74. The van der Waals surface area contributed by atoms with E-state index >= 15 is 0 Å². The summed E-state index contributed by atoms with van der Waals surface area (Å²) in [6.45, 7) is 15.3. The summed E-state index contributed by atoms with van der Waals surface area (Å²) in [4.78, 5) is 39.1. The van der Waals surface area contributed by atoms with Crippen molar-refractivity contribution >= 4 is 17.3 Å². The molecule has 3 rings (SSSR count). The van der Waals surface area contributed by atoms with Gasteiger partial charge in [-0.3, -0.25) is 14.4 Å². The number of allylic oxidation sites excluding steroid dienone is 3. The van der Waals surface area contributed by atoms with Crippen molar-refractivity contribution < 1.29 is 19.5 Å². The fourth-order valence-corrected chi connectivity index (χ4v) is 5.78. The standard InChI is InChI=1S/C21H28O4/c1-10(2)12-8-21-13(19(12,5)6)9-20(7,18(21)25)16(23)14(17(21)24)15(22)11(3)4/h11-13,24H,1,8-9H2,2-7H3/t12-,13+,20-,21+/m1/s1. The summed E-state index contributed by atoms with van der Waals surface area (Å²) in [6, 6.07) is 0. The Morgan fingerprint density at radius 3 is 2.24 bits per heavy atom. The molecule has 25 heavy (non-hydrogen) atoms. The van der Waals surface area contributed by atoms with Gasteiger partial charge < -0.3 is 5.11 Å². The van der Waals surface area contributed by atoms with Crippen molar-refractivity contribution in [1.82, 2.24) is 0 Å². The molecular weight excluding hydrogens is 316 g/mol. The summed E-state index contributed by atoms with van der Waals surface area (Å²) < 4.78 is 0. The maximum Gasteiger partial charge on any atom is 0.183 e. The minimum absolute atomic E-state index is 0.0664. The van der Waals surface area contributed by atoms with Gasteiger partial charge in [0.25, 0.3) is 0 Å². The second-order valence-corrected chi connectivity index (χ2v) is 9.39. The van der Waals surface area contributed by atoms with E-state index in [-0.39, 0.29) is 40.1 Å². The highest BCUT2D eigenvalue weighted by molar-refractivity contribution is 6.32. The van der Waals surface area contributed by atoms with Gasteiger partial charge in [0.15, 0.2) is 17.3 Å². The van der Waals surface area contributed by atoms with Crippen LogP contribution < -0.4 is 0 Å². The summed E-state index contributed by atoms with van der Waals surface area (Å²) in [5, 5.41) is 11.1. The molecule has 0 amide bonds. The SMILES string of the molecule is C=C(C)[C@H]1C[C@]23C(=O)[C@](C)(C[C@H]2C1(C)C)C(=O)C(C(=O)C(C)C)=C3O. The summed E-state index contributed by atoms with van der Waals surface area (Å²) in [6.07, 6.45) is 0.822. The second-order valence-electron chi connectivity index (χ2n) is 9.39. The van der Waals surface area contributed by atoms with E-state index < -0.39 is 22.5 Å². The van der Waals surface area contributed by atoms with Crippen LogP contribution in [0.2, 0.25) is 0 Å². The van der Waals surface area contributed by atoms with Crippen LogP contribution in [0.1, 0.15) is 54.4 Å². The zero-order valence-electron chi connectivity index (χ0n) is 16.0. The van der Waals surface area contributed by atoms with Crippen LogP contribution in [0.4, 0.5) is 0 Å².